The van der Waals surface area contributed by atoms with Crippen LogP contribution in [0.3, 0.4) is 0 Å². The molecule has 1 aromatic rings. The molecule has 0 aliphatic heterocycles. The van der Waals surface area contributed by atoms with E-state index in [1.165, 1.54) is 0 Å². The number of hydrogen-bond donors (Lipinski definition) is 9. The van der Waals surface area contributed by atoms with Crippen molar-refractivity contribution in [1.29, 1.82) is 0 Å². The molecule has 3 amide bonds. The van der Waals surface area contributed by atoms with Gasteiger partial charge in [0.2, 0.25) is 17.7 Å². The lowest BCUT2D eigenvalue weighted by Gasteiger charge is -2.31. The minimum atomic E-state index is -1.55. The molecule has 0 radical (unpaired) electrons. The fraction of sp³-hybridized carbons (Fsp3) is 0.613. The molecular formula is C31H51N7O8. The number of aliphatic hydroxyl groups excluding tert-OH is 1. The van der Waals surface area contributed by atoms with Crippen LogP contribution in [0.2, 0.25) is 0 Å². The minimum Gasteiger partial charge on any atom is -0.481 e. The molecule has 0 aliphatic carbocycles. The van der Waals surface area contributed by atoms with E-state index in [2.05, 4.69) is 20.9 Å². The van der Waals surface area contributed by atoms with E-state index < -0.39 is 72.3 Å². The van der Waals surface area contributed by atoms with E-state index in [1.54, 1.807) is 44.2 Å². The van der Waals surface area contributed by atoms with Gasteiger partial charge in [0.15, 0.2) is 5.96 Å². The summed E-state index contributed by atoms with van der Waals surface area (Å²) in [6.45, 7) is 5.58. The molecule has 0 saturated carbocycles. The summed E-state index contributed by atoms with van der Waals surface area (Å²) in [7, 11) is 0. The van der Waals surface area contributed by atoms with Gasteiger partial charge in [-0.1, -0.05) is 63.9 Å². The highest BCUT2D eigenvalue weighted by Gasteiger charge is 2.34. The quantitative estimate of drug-likeness (QED) is 0.0452. The van der Waals surface area contributed by atoms with Gasteiger partial charge in [-0.3, -0.25) is 29.0 Å². The number of carbonyl (C=O) groups is 5. The Morgan fingerprint density at radius 1 is 0.870 bits per heavy atom. The number of nitrogens with two attached hydrogens (primary N) is 3. The van der Waals surface area contributed by atoms with Crippen molar-refractivity contribution in [3.8, 4) is 0 Å². The number of nitrogens with one attached hydrogen (secondary N) is 3. The number of hydrogen-bond acceptors (Lipinski definition) is 8. The summed E-state index contributed by atoms with van der Waals surface area (Å²) in [5.74, 6) is -6.15. The number of benzene rings is 1. The van der Waals surface area contributed by atoms with Gasteiger partial charge in [-0.25, -0.2) is 0 Å². The number of amides is 3. The molecule has 6 atom stereocenters. The Hall–Kier alpha value is -4.24. The third-order valence-corrected chi connectivity index (χ3v) is 7.44. The number of nitrogens with zero attached hydrogens (tertiary/aromatic N) is 1. The molecule has 2 unspecified atom stereocenters. The Bertz CT molecular complexity index is 1160. The number of carboxylic acid groups (broad SMARTS) is 2. The van der Waals surface area contributed by atoms with Gasteiger partial charge < -0.3 is 48.5 Å². The third-order valence-electron chi connectivity index (χ3n) is 7.44. The van der Waals surface area contributed by atoms with E-state index in [9.17, 15) is 39.3 Å². The maximum atomic E-state index is 13.4. The minimum absolute atomic E-state index is 0.0870. The summed E-state index contributed by atoms with van der Waals surface area (Å²) in [5, 5.41) is 38.0. The van der Waals surface area contributed by atoms with Crippen LogP contribution in [0.4, 0.5) is 0 Å². The van der Waals surface area contributed by atoms with Gasteiger partial charge in [0, 0.05) is 6.54 Å². The van der Waals surface area contributed by atoms with Crippen LogP contribution in [0.15, 0.2) is 35.3 Å². The maximum Gasteiger partial charge on any atom is 0.306 e. The van der Waals surface area contributed by atoms with Crippen molar-refractivity contribution in [1.82, 2.24) is 16.0 Å². The molecule has 15 heteroatoms. The normalized spacial score (nSPS) is 15.0. The van der Waals surface area contributed by atoms with Gasteiger partial charge in [-0.05, 0) is 43.6 Å². The number of carbonyl (C=O) groups excluding carboxylic acids is 3. The van der Waals surface area contributed by atoms with Crippen LogP contribution in [-0.4, -0.2) is 87.8 Å². The van der Waals surface area contributed by atoms with Gasteiger partial charge in [-0.15, -0.1) is 0 Å². The molecular weight excluding hydrogens is 598 g/mol. The first-order valence-corrected chi connectivity index (χ1v) is 15.5. The van der Waals surface area contributed by atoms with E-state index >= 15 is 0 Å². The Morgan fingerprint density at radius 2 is 1.48 bits per heavy atom. The maximum absolute atomic E-state index is 13.4. The number of aliphatic hydroxyl groups is 1. The predicted molar refractivity (Wildman–Crippen MR) is 172 cm³/mol. The van der Waals surface area contributed by atoms with Crippen molar-refractivity contribution in [2.24, 2.45) is 34.0 Å². The summed E-state index contributed by atoms with van der Waals surface area (Å²) >= 11 is 0. The molecule has 46 heavy (non-hydrogen) atoms. The second kappa shape index (κ2) is 20.7. The Labute approximate surface area is 269 Å². The molecule has 0 bridgehead atoms. The predicted octanol–water partition coefficient (Wildman–Crippen LogP) is -0.163. The largest absolute Gasteiger partial charge is 0.481 e. The molecule has 12 N–H and O–H groups in total. The van der Waals surface area contributed by atoms with Gasteiger partial charge in [0.05, 0.1) is 30.5 Å². The fourth-order valence-corrected chi connectivity index (χ4v) is 4.84. The zero-order chi connectivity index (χ0) is 34.8. The first-order chi connectivity index (χ1) is 21.7. The zero-order valence-corrected chi connectivity index (χ0v) is 26.9. The number of aliphatic imine (C=N–C) groups is 1. The number of aliphatic carboxylic acids is 2. The molecule has 15 nitrogen and oxygen atoms in total. The molecule has 0 heterocycles. The van der Waals surface area contributed by atoms with E-state index in [1.807, 2.05) is 6.92 Å². The van der Waals surface area contributed by atoms with Crippen LogP contribution < -0.4 is 33.2 Å². The van der Waals surface area contributed by atoms with Gasteiger partial charge in [-0.2, -0.15) is 0 Å². The van der Waals surface area contributed by atoms with E-state index in [0.29, 0.717) is 19.3 Å². The average molecular weight is 650 g/mol. The van der Waals surface area contributed by atoms with Crippen LogP contribution >= 0.6 is 0 Å². The molecule has 1 aromatic carbocycles. The zero-order valence-electron chi connectivity index (χ0n) is 26.9. The van der Waals surface area contributed by atoms with Crippen molar-refractivity contribution in [2.75, 3.05) is 6.54 Å². The highest BCUT2D eigenvalue weighted by atomic mass is 16.4. The van der Waals surface area contributed by atoms with Crippen LogP contribution in [0.5, 0.6) is 0 Å². The van der Waals surface area contributed by atoms with Gasteiger partial charge >= 0.3 is 11.9 Å². The smallest absolute Gasteiger partial charge is 0.306 e. The molecule has 0 fully saturated rings. The number of carboxylic acids is 2. The van der Waals surface area contributed by atoms with Crippen molar-refractivity contribution in [2.45, 2.75) is 102 Å². The van der Waals surface area contributed by atoms with Crippen molar-refractivity contribution >= 4 is 35.6 Å². The second-order valence-electron chi connectivity index (χ2n) is 11.7. The molecule has 1 rings (SSSR count). The average Bonchev–Trinajstić information content (AvgIpc) is 2.98. The van der Waals surface area contributed by atoms with E-state index in [-0.39, 0.29) is 44.1 Å². The summed E-state index contributed by atoms with van der Waals surface area (Å²) in [6, 6.07) is 4.36. The Kier molecular flexibility index (Phi) is 17.9. The number of guanidine groups is 1. The Balaban J connectivity index is 3.03. The lowest BCUT2D eigenvalue weighted by atomic mass is 9.87. The first-order valence-electron chi connectivity index (χ1n) is 15.5. The van der Waals surface area contributed by atoms with Crippen LogP contribution in [0.1, 0.15) is 71.3 Å². The summed E-state index contributed by atoms with van der Waals surface area (Å²) in [6.07, 6.45) is 0.0188. The van der Waals surface area contributed by atoms with Crippen molar-refractivity contribution < 1.29 is 39.3 Å². The topological polar surface area (TPSA) is 273 Å². The van der Waals surface area contributed by atoms with Crippen LogP contribution in [-0.2, 0) is 30.4 Å². The molecule has 258 valence electrons. The first kappa shape index (κ1) is 39.8. The molecule has 0 aromatic heterocycles. The van der Waals surface area contributed by atoms with Crippen LogP contribution in [0.25, 0.3) is 0 Å². The summed E-state index contributed by atoms with van der Waals surface area (Å²) < 4.78 is 0. The van der Waals surface area contributed by atoms with Gasteiger partial charge in [0.25, 0.3) is 0 Å². The SMILES string of the molecule is CCCC[C@H](NC(=O)[C@@H](N)CCCN=C(N)N)C(=O)N[C@@H](CC(=O)O)C(=O)N[C@@H](C(C)C)C(O)CC(Cc1ccccc1)C(=O)O. The lowest BCUT2D eigenvalue weighted by Crippen LogP contribution is -2.58. The van der Waals surface area contributed by atoms with Gasteiger partial charge in [0.1, 0.15) is 12.1 Å². The van der Waals surface area contributed by atoms with Crippen molar-refractivity contribution in [3.63, 3.8) is 0 Å². The summed E-state index contributed by atoms with van der Waals surface area (Å²) in [5.41, 5.74) is 17.3. The number of unbranched alkanes of at least 4 members (excludes halogenated alkanes) is 1. The lowest BCUT2D eigenvalue weighted by molar-refractivity contribution is -0.144. The number of rotatable bonds is 22. The highest BCUT2D eigenvalue weighted by molar-refractivity contribution is 5.94. The molecule has 0 aliphatic rings. The molecule has 0 spiro atoms. The highest BCUT2D eigenvalue weighted by Crippen LogP contribution is 2.20. The molecule has 0 saturated heterocycles. The summed E-state index contributed by atoms with van der Waals surface area (Å²) in [4.78, 5) is 66.9. The fourth-order valence-electron chi connectivity index (χ4n) is 4.84. The van der Waals surface area contributed by atoms with Crippen LogP contribution in [0, 0.1) is 11.8 Å². The van der Waals surface area contributed by atoms with E-state index in [0.717, 1.165) is 5.56 Å². The monoisotopic (exact) mass is 649 g/mol. The second-order valence-corrected chi connectivity index (χ2v) is 11.7. The van der Waals surface area contributed by atoms with E-state index in [4.69, 9.17) is 17.2 Å². The van der Waals surface area contributed by atoms with Crippen molar-refractivity contribution in [3.05, 3.63) is 35.9 Å². The third kappa shape index (κ3) is 15.2. The Morgan fingerprint density at radius 3 is 2.02 bits per heavy atom. The standard InChI is InChI=1S/C31H51N7O8/c1-4-5-13-22(36-27(42)21(32)12-9-14-35-31(33)34)28(43)37-23(17-25(40)41)29(44)38-26(18(2)3)24(39)16-20(30(45)46)15-19-10-7-6-8-11-19/h6-8,10-11,18,20-24,26,39H,4-5,9,12-17,32H2,1-3H3,(H,36,42)(H,37,43)(H,38,44)(H,40,41)(H,45,46)(H4,33,34,35)/t20?,21-,22-,23-,24?,26-/m0/s1.